The first-order valence-corrected chi connectivity index (χ1v) is 6.47. The molecule has 1 aliphatic heterocycles. The maximum Gasteiger partial charge on any atom is 0.0933 e. The van der Waals surface area contributed by atoms with Crippen LogP contribution in [0.15, 0.2) is 24.3 Å². The van der Waals surface area contributed by atoms with Crippen molar-refractivity contribution in [1.29, 1.82) is 0 Å². The molecule has 1 aromatic rings. The predicted molar refractivity (Wildman–Crippen MR) is 71.4 cm³/mol. The van der Waals surface area contributed by atoms with Crippen molar-refractivity contribution in [2.75, 3.05) is 32.8 Å². The molecule has 1 saturated heterocycles. The third-order valence-corrected chi connectivity index (χ3v) is 3.50. The van der Waals surface area contributed by atoms with Crippen molar-refractivity contribution >= 4 is 0 Å². The fraction of sp³-hybridized carbons (Fsp3) is 0.571. The van der Waals surface area contributed by atoms with Gasteiger partial charge in [-0.25, -0.2) is 0 Å². The van der Waals surface area contributed by atoms with E-state index in [0.29, 0.717) is 13.2 Å². The second-order valence-electron chi connectivity index (χ2n) is 4.83. The van der Waals surface area contributed by atoms with Gasteiger partial charge in [0.15, 0.2) is 0 Å². The highest BCUT2D eigenvalue weighted by atomic mass is 16.5. The van der Waals surface area contributed by atoms with Crippen LogP contribution < -0.4 is 5.73 Å². The van der Waals surface area contributed by atoms with Gasteiger partial charge in [-0.05, 0) is 12.5 Å². The summed E-state index contributed by atoms with van der Waals surface area (Å²) in [5.41, 5.74) is 8.41. The van der Waals surface area contributed by atoms with Gasteiger partial charge in [-0.1, -0.05) is 29.8 Å². The van der Waals surface area contributed by atoms with E-state index < -0.39 is 0 Å². The van der Waals surface area contributed by atoms with Gasteiger partial charge < -0.3 is 15.6 Å². The SMILES string of the molecule is Cc1ccc(C(CN)N2CCOC(CO)C2)cc1. The van der Waals surface area contributed by atoms with Crippen molar-refractivity contribution in [1.82, 2.24) is 4.90 Å². The standard InChI is InChI=1S/C14H22N2O2/c1-11-2-4-12(5-3-11)14(8-15)16-6-7-18-13(9-16)10-17/h2-5,13-14,17H,6-10,15H2,1H3. The van der Waals surface area contributed by atoms with E-state index in [-0.39, 0.29) is 18.8 Å². The van der Waals surface area contributed by atoms with Gasteiger partial charge in [-0.15, -0.1) is 0 Å². The molecule has 2 rings (SSSR count). The van der Waals surface area contributed by atoms with E-state index in [1.807, 2.05) is 0 Å². The number of nitrogens with two attached hydrogens (primary N) is 1. The number of nitrogens with zero attached hydrogens (tertiary/aromatic N) is 1. The van der Waals surface area contributed by atoms with E-state index in [1.165, 1.54) is 11.1 Å². The molecule has 0 amide bonds. The van der Waals surface area contributed by atoms with Crippen LogP contribution in [0.4, 0.5) is 0 Å². The number of benzene rings is 1. The van der Waals surface area contributed by atoms with Crippen LogP contribution in [0, 0.1) is 6.92 Å². The van der Waals surface area contributed by atoms with Gasteiger partial charge in [0.25, 0.3) is 0 Å². The van der Waals surface area contributed by atoms with Crippen molar-refractivity contribution in [2.24, 2.45) is 5.73 Å². The molecule has 4 nitrogen and oxygen atoms in total. The molecule has 1 heterocycles. The van der Waals surface area contributed by atoms with Crippen LogP contribution in [0.2, 0.25) is 0 Å². The summed E-state index contributed by atoms with van der Waals surface area (Å²) >= 11 is 0. The smallest absolute Gasteiger partial charge is 0.0933 e. The third-order valence-electron chi connectivity index (χ3n) is 3.50. The fourth-order valence-corrected chi connectivity index (χ4v) is 2.42. The number of aliphatic hydroxyl groups is 1. The van der Waals surface area contributed by atoms with Crippen molar-refractivity contribution < 1.29 is 9.84 Å². The molecule has 0 radical (unpaired) electrons. The Labute approximate surface area is 108 Å². The van der Waals surface area contributed by atoms with E-state index in [2.05, 4.69) is 36.1 Å². The summed E-state index contributed by atoms with van der Waals surface area (Å²) in [6.07, 6.45) is -0.0850. The Morgan fingerprint density at radius 2 is 2.17 bits per heavy atom. The van der Waals surface area contributed by atoms with E-state index in [0.717, 1.165) is 13.1 Å². The van der Waals surface area contributed by atoms with Gasteiger partial charge in [-0.3, -0.25) is 4.90 Å². The number of rotatable bonds is 4. The lowest BCUT2D eigenvalue weighted by Crippen LogP contribution is -2.47. The maximum atomic E-state index is 9.19. The lowest BCUT2D eigenvalue weighted by Gasteiger charge is -2.37. The zero-order valence-electron chi connectivity index (χ0n) is 10.9. The minimum atomic E-state index is -0.0850. The second kappa shape index (κ2) is 6.29. The Balaban J connectivity index is 2.10. The summed E-state index contributed by atoms with van der Waals surface area (Å²) in [6, 6.07) is 8.71. The summed E-state index contributed by atoms with van der Waals surface area (Å²) in [5, 5.41) is 9.19. The molecule has 18 heavy (non-hydrogen) atoms. The second-order valence-corrected chi connectivity index (χ2v) is 4.83. The van der Waals surface area contributed by atoms with Gasteiger partial charge >= 0.3 is 0 Å². The quantitative estimate of drug-likeness (QED) is 0.825. The Kier molecular flexibility index (Phi) is 4.72. The molecule has 1 fully saturated rings. The molecule has 0 spiro atoms. The topological polar surface area (TPSA) is 58.7 Å². The highest BCUT2D eigenvalue weighted by Gasteiger charge is 2.26. The summed E-state index contributed by atoms with van der Waals surface area (Å²) in [7, 11) is 0. The zero-order chi connectivity index (χ0) is 13.0. The zero-order valence-corrected chi connectivity index (χ0v) is 10.9. The van der Waals surface area contributed by atoms with Crippen LogP contribution in [0.5, 0.6) is 0 Å². The summed E-state index contributed by atoms with van der Waals surface area (Å²) < 4.78 is 5.47. The Hall–Kier alpha value is -0.940. The highest BCUT2D eigenvalue weighted by Crippen LogP contribution is 2.22. The van der Waals surface area contributed by atoms with Crippen LogP contribution in [-0.2, 0) is 4.74 Å². The number of aliphatic hydroxyl groups excluding tert-OH is 1. The van der Waals surface area contributed by atoms with Crippen LogP contribution in [0.25, 0.3) is 0 Å². The molecule has 0 bridgehead atoms. The average molecular weight is 250 g/mol. The molecule has 1 aliphatic rings. The Morgan fingerprint density at radius 1 is 1.44 bits per heavy atom. The predicted octanol–water partition coefficient (Wildman–Crippen LogP) is 0.688. The minimum absolute atomic E-state index is 0.0711. The van der Waals surface area contributed by atoms with Crippen molar-refractivity contribution in [3.63, 3.8) is 0 Å². The largest absolute Gasteiger partial charge is 0.394 e. The third kappa shape index (κ3) is 3.09. The van der Waals surface area contributed by atoms with E-state index >= 15 is 0 Å². The van der Waals surface area contributed by atoms with Gasteiger partial charge in [0.05, 0.1) is 19.3 Å². The van der Waals surface area contributed by atoms with Gasteiger partial charge in [0.1, 0.15) is 0 Å². The van der Waals surface area contributed by atoms with Gasteiger partial charge in [0.2, 0.25) is 0 Å². The van der Waals surface area contributed by atoms with Crippen LogP contribution in [0.1, 0.15) is 17.2 Å². The van der Waals surface area contributed by atoms with E-state index in [1.54, 1.807) is 0 Å². The Morgan fingerprint density at radius 3 is 2.78 bits per heavy atom. The van der Waals surface area contributed by atoms with Crippen molar-refractivity contribution in [3.05, 3.63) is 35.4 Å². The fourth-order valence-electron chi connectivity index (χ4n) is 2.42. The van der Waals surface area contributed by atoms with Crippen LogP contribution in [0.3, 0.4) is 0 Å². The number of hydrogen-bond acceptors (Lipinski definition) is 4. The first-order chi connectivity index (χ1) is 8.74. The molecular formula is C14H22N2O2. The lowest BCUT2D eigenvalue weighted by atomic mass is 10.0. The van der Waals surface area contributed by atoms with Crippen LogP contribution in [-0.4, -0.2) is 49.0 Å². The summed E-state index contributed by atoms with van der Waals surface area (Å²) in [6.45, 7) is 5.01. The van der Waals surface area contributed by atoms with Crippen molar-refractivity contribution in [2.45, 2.75) is 19.1 Å². The molecule has 1 aromatic carbocycles. The number of morpholine rings is 1. The Bertz CT molecular complexity index is 367. The maximum absolute atomic E-state index is 9.19. The number of aryl methyl sites for hydroxylation is 1. The molecular weight excluding hydrogens is 228 g/mol. The number of hydrogen-bond donors (Lipinski definition) is 2. The lowest BCUT2D eigenvalue weighted by molar-refractivity contribution is -0.0643. The number of ether oxygens (including phenoxy) is 1. The normalized spacial score (nSPS) is 22.9. The summed E-state index contributed by atoms with van der Waals surface area (Å²) in [5.74, 6) is 0. The van der Waals surface area contributed by atoms with E-state index in [9.17, 15) is 5.11 Å². The molecule has 100 valence electrons. The van der Waals surface area contributed by atoms with Crippen molar-refractivity contribution in [3.8, 4) is 0 Å². The molecule has 4 heteroatoms. The molecule has 3 N–H and O–H groups in total. The average Bonchev–Trinajstić information content (AvgIpc) is 2.42. The first-order valence-electron chi connectivity index (χ1n) is 6.47. The molecule has 0 aliphatic carbocycles. The van der Waals surface area contributed by atoms with Gasteiger partial charge in [-0.2, -0.15) is 0 Å². The minimum Gasteiger partial charge on any atom is -0.394 e. The van der Waals surface area contributed by atoms with Gasteiger partial charge in [0, 0.05) is 25.7 Å². The highest BCUT2D eigenvalue weighted by molar-refractivity contribution is 5.24. The monoisotopic (exact) mass is 250 g/mol. The molecule has 0 saturated carbocycles. The molecule has 2 atom stereocenters. The molecule has 0 aromatic heterocycles. The van der Waals surface area contributed by atoms with Crippen LogP contribution >= 0.6 is 0 Å². The van der Waals surface area contributed by atoms with E-state index in [4.69, 9.17) is 10.5 Å². The first kappa shape index (κ1) is 13.5. The summed E-state index contributed by atoms with van der Waals surface area (Å²) in [4.78, 5) is 2.30. The molecule has 2 unspecified atom stereocenters.